The maximum absolute atomic E-state index is 10.7. The summed E-state index contributed by atoms with van der Waals surface area (Å²) >= 11 is 0. The van der Waals surface area contributed by atoms with Gasteiger partial charge in [-0.15, -0.1) is 5.10 Å². The van der Waals surface area contributed by atoms with Crippen molar-refractivity contribution in [2.75, 3.05) is 18.4 Å². The minimum atomic E-state index is -0.0847. The van der Waals surface area contributed by atoms with Gasteiger partial charge in [0.15, 0.2) is 5.82 Å². The largest absolute Gasteiger partial charge is 0.366 e. The van der Waals surface area contributed by atoms with E-state index in [1.54, 1.807) is 0 Å². The highest BCUT2D eigenvalue weighted by atomic mass is 16.1. The van der Waals surface area contributed by atoms with Gasteiger partial charge in [-0.25, -0.2) is 0 Å². The van der Waals surface area contributed by atoms with E-state index in [0.29, 0.717) is 24.5 Å². The van der Waals surface area contributed by atoms with Gasteiger partial charge in [-0.3, -0.25) is 4.79 Å². The third-order valence-corrected chi connectivity index (χ3v) is 2.36. The topological polar surface area (TPSA) is 90.7 Å². The number of rotatable bonds is 4. The Balaban J connectivity index is 2.69. The van der Waals surface area contributed by atoms with Crippen LogP contribution in [0.25, 0.3) is 0 Å². The van der Waals surface area contributed by atoms with Crippen LogP contribution >= 0.6 is 0 Å². The summed E-state index contributed by atoms with van der Waals surface area (Å²) in [4.78, 5) is 10.7. The number of anilines is 1. The van der Waals surface area contributed by atoms with Crippen molar-refractivity contribution in [1.82, 2.24) is 15.5 Å². The highest BCUT2D eigenvalue weighted by molar-refractivity contribution is 5.72. The summed E-state index contributed by atoms with van der Waals surface area (Å²) < 4.78 is 0. The minimum Gasteiger partial charge on any atom is -0.366 e. The Labute approximate surface area is 100 Å². The first-order valence-corrected chi connectivity index (χ1v) is 5.28. The van der Waals surface area contributed by atoms with E-state index >= 15 is 0 Å². The fourth-order valence-electron chi connectivity index (χ4n) is 1.29. The van der Waals surface area contributed by atoms with Crippen LogP contribution in [-0.4, -0.2) is 29.2 Å². The molecular weight excluding hydrogens is 218 g/mol. The van der Waals surface area contributed by atoms with E-state index < -0.39 is 0 Å². The molecule has 0 aromatic carbocycles. The fraction of sp³-hybridized carbons (Fsp3) is 0.455. The number of nitriles is 1. The molecular formula is C11H15N5O. The van der Waals surface area contributed by atoms with Crippen LogP contribution in [0.5, 0.6) is 0 Å². The number of nitrogens with zero attached hydrogens (tertiary/aromatic N) is 3. The molecule has 0 aliphatic heterocycles. The van der Waals surface area contributed by atoms with Crippen molar-refractivity contribution in [2.24, 2.45) is 0 Å². The van der Waals surface area contributed by atoms with Crippen molar-refractivity contribution in [3.05, 3.63) is 16.8 Å². The van der Waals surface area contributed by atoms with Crippen LogP contribution in [0.15, 0.2) is 0 Å². The maximum atomic E-state index is 10.7. The van der Waals surface area contributed by atoms with Crippen LogP contribution in [0.3, 0.4) is 0 Å². The Bertz CT molecular complexity index is 464. The molecule has 2 N–H and O–H groups in total. The average molecular weight is 233 g/mol. The second kappa shape index (κ2) is 5.80. The summed E-state index contributed by atoms with van der Waals surface area (Å²) in [5.74, 6) is 0.374. The number of hydrogen-bond acceptors (Lipinski definition) is 5. The molecule has 1 amide bonds. The van der Waals surface area contributed by atoms with Crippen LogP contribution in [0.2, 0.25) is 0 Å². The molecule has 1 rings (SSSR count). The van der Waals surface area contributed by atoms with E-state index in [-0.39, 0.29) is 5.91 Å². The molecule has 90 valence electrons. The molecule has 0 spiro atoms. The second-order valence-corrected chi connectivity index (χ2v) is 3.66. The van der Waals surface area contributed by atoms with Gasteiger partial charge in [0.2, 0.25) is 5.91 Å². The number of aromatic nitrogens is 2. The molecule has 0 unspecified atom stereocenters. The van der Waals surface area contributed by atoms with E-state index in [1.807, 2.05) is 13.8 Å². The zero-order chi connectivity index (χ0) is 12.8. The summed E-state index contributed by atoms with van der Waals surface area (Å²) in [6, 6.07) is 2.10. The molecule has 0 saturated heterocycles. The lowest BCUT2D eigenvalue weighted by molar-refractivity contribution is -0.118. The van der Waals surface area contributed by atoms with Gasteiger partial charge in [0.25, 0.3) is 0 Å². The molecule has 17 heavy (non-hydrogen) atoms. The molecule has 0 saturated carbocycles. The normalized spacial score (nSPS) is 9.53. The van der Waals surface area contributed by atoms with Crippen LogP contribution in [0.4, 0.5) is 5.82 Å². The number of carbonyl (C=O) groups is 1. The molecule has 1 aromatic heterocycles. The molecule has 1 aromatic rings. The monoisotopic (exact) mass is 233 g/mol. The standard InChI is InChI=1S/C11H15N5O/c1-7-8(2)15-16-11(10(7)6-12)14-5-4-13-9(3)17/h4-5H2,1-3H3,(H,13,17)(H,14,16). The molecule has 0 aliphatic carbocycles. The van der Waals surface area contributed by atoms with Crippen molar-refractivity contribution < 1.29 is 4.79 Å². The molecule has 0 atom stereocenters. The van der Waals surface area contributed by atoms with E-state index in [9.17, 15) is 4.79 Å². The van der Waals surface area contributed by atoms with Gasteiger partial charge in [-0.1, -0.05) is 0 Å². The molecule has 6 nitrogen and oxygen atoms in total. The first kappa shape index (κ1) is 12.9. The molecule has 0 aliphatic rings. The highest BCUT2D eigenvalue weighted by Crippen LogP contribution is 2.16. The number of nitrogens with one attached hydrogen (secondary N) is 2. The third-order valence-electron chi connectivity index (χ3n) is 2.36. The first-order chi connectivity index (χ1) is 8.06. The third kappa shape index (κ3) is 3.41. The minimum absolute atomic E-state index is 0.0847. The number of amides is 1. The van der Waals surface area contributed by atoms with Gasteiger partial charge < -0.3 is 10.6 Å². The zero-order valence-electron chi connectivity index (χ0n) is 10.2. The van der Waals surface area contributed by atoms with Crippen molar-refractivity contribution in [3.63, 3.8) is 0 Å². The summed E-state index contributed by atoms with van der Waals surface area (Å²) in [5, 5.41) is 22.5. The summed E-state index contributed by atoms with van der Waals surface area (Å²) in [6.45, 7) is 6.09. The SMILES string of the molecule is CC(=O)NCCNc1nnc(C)c(C)c1C#N. The van der Waals surface area contributed by atoms with E-state index in [0.717, 1.165) is 11.3 Å². The van der Waals surface area contributed by atoms with Crippen LogP contribution in [0.1, 0.15) is 23.7 Å². The van der Waals surface area contributed by atoms with Gasteiger partial charge in [0, 0.05) is 20.0 Å². The number of carbonyl (C=O) groups excluding carboxylic acids is 1. The maximum Gasteiger partial charge on any atom is 0.216 e. The lowest BCUT2D eigenvalue weighted by Gasteiger charge is -2.09. The lowest BCUT2D eigenvalue weighted by atomic mass is 10.1. The molecule has 0 fully saturated rings. The van der Waals surface area contributed by atoms with Crippen molar-refractivity contribution in [3.8, 4) is 6.07 Å². The van der Waals surface area contributed by atoms with Gasteiger partial charge in [-0.05, 0) is 19.4 Å². The summed E-state index contributed by atoms with van der Waals surface area (Å²) in [7, 11) is 0. The number of hydrogen-bond donors (Lipinski definition) is 2. The fourth-order valence-corrected chi connectivity index (χ4v) is 1.29. The van der Waals surface area contributed by atoms with Crippen LogP contribution in [0, 0.1) is 25.2 Å². The van der Waals surface area contributed by atoms with Crippen molar-refractivity contribution >= 4 is 11.7 Å². The van der Waals surface area contributed by atoms with Gasteiger partial charge in [-0.2, -0.15) is 10.4 Å². The summed E-state index contributed by atoms with van der Waals surface area (Å²) in [6.07, 6.45) is 0. The van der Waals surface area contributed by atoms with Crippen LogP contribution < -0.4 is 10.6 Å². The zero-order valence-corrected chi connectivity index (χ0v) is 10.2. The Morgan fingerprint density at radius 1 is 1.35 bits per heavy atom. The highest BCUT2D eigenvalue weighted by Gasteiger charge is 2.09. The first-order valence-electron chi connectivity index (χ1n) is 5.28. The van der Waals surface area contributed by atoms with E-state index in [4.69, 9.17) is 5.26 Å². The quantitative estimate of drug-likeness (QED) is 0.739. The van der Waals surface area contributed by atoms with Crippen LogP contribution in [-0.2, 0) is 4.79 Å². The number of aryl methyl sites for hydroxylation is 1. The van der Waals surface area contributed by atoms with E-state index in [2.05, 4.69) is 26.9 Å². The predicted octanol–water partition coefficient (Wildman–Crippen LogP) is 0.513. The average Bonchev–Trinajstić information content (AvgIpc) is 2.29. The van der Waals surface area contributed by atoms with E-state index in [1.165, 1.54) is 6.92 Å². The van der Waals surface area contributed by atoms with Crippen molar-refractivity contribution in [2.45, 2.75) is 20.8 Å². The smallest absolute Gasteiger partial charge is 0.216 e. The lowest BCUT2D eigenvalue weighted by Crippen LogP contribution is -2.26. The van der Waals surface area contributed by atoms with Crippen molar-refractivity contribution in [1.29, 1.82) is 5.26 Å². The summed E-state index contributed by atoms with van der Waals surface area (Å²) in [5.41, 5.74) is 2.07. The Kier molecular flexibility index (Phi) is 4.40. The second-order valence-electron chi connectivity index (χ2n) is 3.66. The Morgan fingerprint density at radius 2 is 2.06 bits per heavy atom. The molecule has 0 radical (unpaired) electrons. The predicted molar refractivity (Wildman–Crippen MR) is 63.4 cm³/mol. The molecule has 6 heteroatoms. The van der Waals surface area contributed by atoms with Gasteiger partial charge in [0.1, 0.15) is 11.6 Å². The van der Waals surface area contributed by atoms with Gasteiger partial charge >= 0.3 is 0 Å². The Hall–Kier alpha value is -2.16. The Morgan fingerprint density at radius 3 is 2.65 bits per heavy atom. The molecule has 0 bridgehead atoms. The molecule has 1 heterocycles. The van der Waals surface area contributed by atoms with Gasteiger partial charge in [0.05, 0.1) is 5.69 Å².